The zero-order valence-electron chi connectivity index (χ0n) is 16.3. The van der Waals surface area contributed by atoms with Gasteiger partial charge in [-0.05, 0) is 35.4 Å². The second kappa shape index (κ2) is 10.5. The highest BCUT2D eigenvalue weighted by molar-refractivity contribution is 6.35. The molecule has 0 amide bonds. The van der Waals surface area contributed by atoms with E-state index >= 15 is 0 Å². The van der Waals surface area contributed by atoms with Crippen molar-refractivity contribution in [2.75, 3.05) is 0 Å². The molecule has 0 fully saturated rings. The van der Waals surface area contributed by atoms with Gasteiger partial charge < -0.3 is 9.30 Å². The molecule has 0 aliphatic carbocycles. The smallest absolute Gasteiger partial charge is 0.338 e. The Kier molecular flexibility index (Phi) is 7.75. The van der Waals surface area contributed by atoms with Gasteiger partial charge in [-0.15, -0.1) is 12.4 Å². The van der Waals surface area contributed by atoms with Crippen molar-refractivity contribution in [3.8, 4) is 11.1 Å². The average Bonchev–Trinajstić information content (AvgIpc) is 3.27. The molecule has 1 aromatic heterocycles. The van der Waals surface area contributed by atoms with Crippen LogP contribution in [-0.2, 0) is 11.3 Å². The van der Waals surface area contributed by atoms with Crippen LogP contribution in [0.25, 0.3) is 11.1 Å². The maximum absolute atomic E-state index is 12.9. The summed E-state index contributed by atoms with van der Waals surface area (Å²) < 4.78 is 7.68. The fourth-order valence-electron chi connectivity index (χ4n) is 3.17. The molecule has 0 saturated carbocycles. The standard InChI is InChI=1S/C24H18Cl2N2O2.ClH/c25-20-10-11-21(22(26)14-20)23(15-28-13-12-27-16-28)30-24(29)19-8-6-18(7-9-19)17-4-2-1-3-5-17;/h1-14,16,23H,15H2;1H. The number of esters is 1. The average molecular weight is 474 g/mol. The minimum Gasteiger partial charge on any atom is -0.452 e. The second-order valence-electron chi connectivity index (χ2n) is 6.76. The fourth-order valence-corrected chi connectivity index (χ4v) is 3.70. The van der Waals surface area contributed by atoms with Gasteiger partial charge in [-0.3, -0.25) is 0 Å². The molecule has 1 heterocycles. The number of carbonyl (C=O) groups is 1. The molecule has 1 unspecified atom stereocenters. The van der Waals surface area contributed by atoms with E-state index in [9.17, 15) is 4.79 Å². The van der Waals surface area contributed by atoms with Crippen LogP contribution in [0.3, 0.4) is 0 Å². The zero-order chi connectivity index (χ0) is 20.9. The lowest BCUT2D eigenvalue weighted by atomic mass is 10.0. The number of benzene rings is 3. The molecule has 0 radical (unpaired) electrons. The topological polar surface area (TPSA) is 44.1 Å². The van der Waals surface area contributed by atoms with Crippen LogP contribution in [0.2, 0.25) is 10.0 Å². The van der Waals surface area contributed by atoms with Crippen LogP contribution < -0.4 is 0 Å². The number of ether oxygens (including phenoxy) is 1. The maximum Gasteiger partial charge on any atom is 0.338 e. The Balaban J connectivity index is 0.00000272. The number of carbonyl (C=O) groups excluding carboxylic acids is 1. The molecular weight excluding hydrogens is 455 g/mol. The lowest BCUT2D eigenvalue weighted by molar-refractivity contribution is 0.0255. The van der Waals surface area contributed by atoms with Crippen LogP contribution in [0, 0.1) is 0 Å². The Hall–Kier alpha value is -2.79. The number of imidazole rings is 1. The van der Waals surface area contributed by atoms with Crippen LogP contribution in [0.1, 0.15) is 22.0 Å². The van der Waals surface area contributed by atoms with Gasteiger partial charge in [0.1, 0.15) is 6.10 Å². The molecule has 158 valence electrons. The largest absolute Gasteiger partial charge is 0.452 e. The first kappa shape index (κ1) is 22.9. The first-order valence-electron chi connectivity index (χ1n) is 9.37. The number of halogens is 3. The van der Waals surface area contributed by atoms with Crippen LogP contribution in [0.15, 0.2) is 91.5 Å². The molecule has 0 bridgehead atoms. The van der Waals surface area contributed by atoms with Gasteiger partial charge >= 0.3 is 5.97 Å². The molecule has 7 heteroatoms. The highest BCUT2D eigenvalue weighted by Crippen LogP contribution is 2.30. The van der Waals surface area contributed by atoms with E-state index in [0.717, 1.165) is 11.1 Å². The summed E-state index contributed by atoms with van der Waals surface area (Å²) in [6.07, 6.45) is 4.55. The molecule has 0 spiro atoms. The van der Waals surface area contributed by atoms with Crippen molar-refractivity contribution in [3.05, 3.63) is 113 Å². The number of aromatic nitrogens is 2. The van der Waals surface area contributed by atoms with Gasteiger partial charge in [-0.25, -0.2) is 9.78 Å². The summed E-state index contributed by atoms with van der Waals surface area (Å²) in [5.41, 5.74) is 3.27. The number of rotatable bonds is 6. The number of hydrogen-bond acceptors (Lipinski definition) is 3. The summed E-state index contributed by atoms with van der Waals surface area (Å²) in [5.74, 6) is -0.425. The van der Waals surface area contributed by atoms with Crippen LogP contribution in [0.5, 0.6) is 0 Å². The van der Waals surface area contributed by atoms with Crippen molar-refractivity contribution in [1.29, 1.82) is 0 Å². The highest BCUT2D eigenvalue weighted by atomic mass is 35.5. The number of hydrogen-bond donors (Lipinski definition) is 0. The first-order chi connectivity index (χ1) is 14.6. The van der Waals surface area contributed by atoms with Gasteiger partial charge in [0, 0.05) is 28.0 Å². The maximum atomic E-state index is 12.9. The van der Waals surface area contributed by atoms with Gasteiger partial charge in [-0.2, -0.15) is 0 Å². The van der Waals surface area contributed by atoms with Gasteiger partial charge in [0.2, 0.25) is 0 Å². The molecular formula is C24H19Cl3N2O2. The van der Waals surface area contributed by atoms with E-state index in [1.54, 1.807) is 49.1 Å². The summed E-state index contributed by atoms with van der Waals surface area (Å²) >= 11 is 12.4. The van der Waals surface area contributed by atoms with Crippen LogP contribution in [-0.4, -0.2) is 15.5 Å². The fraction of sp³-hybridized carbons (Fsp3) is 0.0833. The van der Waals surface area contributed by atoms with Crippen molar-refractivity contribution in [2.24, 2.45) is 0 Å². The summed E-state index contributed by atoms with van der Waals surface area (Å²) in [6, 6.07) is 22.5. The van der Waals surface area contributed by atoms with Crippen LogP contribution in [0.4, 0.5) is 0 Å². The molecule has 0 saturated heterocycles. The van der Waals surface area contributed by atoms with Crippen LogP contribution >= 0.6 is 35.6 Å². The third-order valence-corrected chi connectivity index (χ3v) is 5.28. The van der Waals surface area contributed by atoms with Gasteiger partial charge in [-0.1, -0.05) is 71.7 Å². The van der Waals surface area contributed by atoms with E-state index < -0.39 is 12.1 Å². The van der Waals surface area contributed by atoms with E-state index in [1.807, 2.05) is 47.0 Å². The molecule has 4 rings (SSSR count). The van der Waals surface area contributed by atoms with E-state index in [0.29, 0.717) is 27.7 Å². The first-order valence-corrected chi connectivity index (χ1v) is 10.1. The second-order valence-corrected chi connectivity index (χ2v) is 7.61. The van der Waals surface area contributed by atoms with Gasteiger partial charge in [0.25, 0.3) is 0 Å². The Morgan fingerprint density at radius 3 is 2.32 bits per heavy atom. The highest BCUT2D eigenvalue weighted by Gasteiger charge is 2.21. The molecule has 1 atom stereocenters. The third kappa shape index (κ3) is 5.67. The van der Waals surface area contributed by atoms with Crippen molar-refractivity contribution in [2.45, 2.75) is 12.6 Å². The van der Waals surface area contributed by atoms with E-state index in [-0.39, 0.29) is 12.4 Å². The normalized spacial score (nSPS) is 11.4. The predicted molar refractivity (Wildman–Crippen MR) is 126 cm³/mol. The van der Waals surface area contributed by atoms with E-state index in [1.165, 1.54) is 0 Å². The molecule has 0 aliphatic rings. The lowest BCUT2D eigenvalue weighted by Crippen LogP contribution is -2.17. The molecule has 0 aliphatic heterocycles. The summed E-state index contributed by atoms with van der Waals surface area (Å²) in [6.45, 7) is 0.384. The monoisotopic (exact) mass is 472 g/mol. The van der Waals surface area contributed by atoms with Crippen molar-refractivity contribution in [1.82, 2.24) is 9.55 Å². The Morgan fingerprint density at radius 2 is 1.68 bits per heavy atom. The molecule has 3 aromatic carbocycles. The summed E-state index contributed by atoms with van der Waals surface area (Å²) in [5, 5.41) is 0.966. The summed E-state index contributed by atoms with van der Waals surface area (Å²) in [4.78, 5) is 16.9. The zero-order valence-corrected chi connectivity index (χ0v) is 18.6. The Labute approximate surface area is 196 Å². The number of nitrogens with zero attached hydrogens (tertiary/aromatic N) is 2. The van der Waals surface area contributed by atoms with E-state index in [4.69, 9.17) is 27.9 Å². The minimum absolute atomic E-state index is 0. The molecule has 31 heavy (non-hydrogen) atoms. The predicted octanol–water partition coefficient (Wildman–Crippen LogP) is 6.88. The van der Waals surface area contributed by atoms with Gasteiger partial charge in [0.15, 0.2) is 0 Å². The molecule has 0 N–H and O–H groups in total. The summed E-state index contributed by atoms with van der Waals surface area (Å²) in [7, 11) is 0. The molecule has 4 nitrogen and oxygen atoms in total. The van der Waals surface area contributed by atoms with Crippen molar-refractivity contribution in [3.63, 3.8) is 0 Å². The Bertz CT molecular complexity index is 1130. The van der Waals surface area contributed by atoms with Gasteiger partial charge in [0.05, 0.1) is 18.4 Å². The van der Waals surface area contributed by atoms with Crippen molar-refractivity contribution < 1.29 is 9.53 Å². The lowest BCUT2D eigenvalue weighted by Gasteiger charge is -2.20. The third-order valence-electron chi connectivity index (χ3n) is 4.72. The molecule has 4 aromatic rings. The van der Waals surface area contributed by atoms with E-state index in [2.05, 4.69) is 4.98 Å². The Morgan fingerprint density at radius 1 is 0.968 bits per heavy atom. The SMILES string of the molecule is Cl.O=C(OC(Cn1ccnc1)c1ccc(Cl)cc1Cl)c1ccc(-c2ccccc2)cc1. The minimum atomic E-state index is -0.592. The quantitative estimate of drug-likeness (QED) is 0.287. The van der Waals surface area contributed by atoms with Crippen molar-refractivity contribution >= 4 is 41.6 Å².